The molecule has 5 heteroatoms. The highest BCUT2D eigenvalue weighted by atomic mass is 19.4. The second kappa shape index (κ2) is 6.08. The lowest BCUT2D eigenvalue weighted by Gasteiger charge is -2.27. The fourth-order valence-corrected chi connectivity index (χ4v) is 2.75. The number of aromatic nitrogens is 1. The number of benzene rings is 1. The number of halogens is 3. The fraction of sp³-hybridized carbons (Fsp3) is 0.353. The zero-order chi connectivity index (χ0) is 15.6. The topological polar surface area (TPSA) is 16.1 Å². The first-order valence-electron chi connectivity index (χ1n) is 7.33. The molecular weight excluding hydrogens is 289 g/mol. The van der Waals surface area contributed by atoms with Gasteiger partial charge in [-0.25, -0.2) is 0 Å². The molecule has 0 amide bonds. The van der Waals surface area contributed by atoms with Crippen molar-refractivity contribution in [3.8, 4) is 0 Å². The van der Waals surface area contributed by atoms with Gasteiger partial charge < -0.3 is 0 Å². The lowest BCUT2D eigenvalue weighted by molar-refractivity contribution is -0.0959. The van der Waals surface area contributed by atoms with Crippen LogP contribution in [0.4, 0.5) is 13.2 Å². The Morgan fingerprint density at radius 1 is 1.14 bits per heavy atom. The standard InChI is InChI=1S/C17H17F3N2/c18-17(19,20)16-5-9-22(10-6-16)8-4-13-1-2-14-3-7-21-12-15(14)11-13/h1-3,5,7,11-12H,4,6,8-10H2. The molecule has 0 saturated carbocycles. The van der Waals surface area contributed by atoms with Crippen LogP contribution in [0.3, 0.4) is 0 Å². The smallest absolute Gasteiger partial charge is 0.299 e. The van der Waals surface area contributed by atoms with Gasteiger partial charge in [0.2, 0.25) is 0 Å². The third-order valence-electron chi connectivity index (χ3n) is 4.08. The highest BCUT2D eigenvalue weighted by Gasteiger charge is 2.34. The van der Waals surface area contributed by atoms with Crippen molar-refractivity contribution in [2.24, 2.45) is 0 Å². The Hall–Kier alpha value is -1.88. The number of alkyl halides is 3. The van der Waals surface area contributed by atoms with E-state index in [9.17, 15) is 13.2 Å². The summed E-state index contributed by atoms with van der Waals surface area (Å²) in [5.74, 6) is 0. The van der Waals surface area contributed by atoms with E-state index >= 15 is 0 Å². The highest BCUT2D eigenvalue weighted by Crippen LogP contribution is 2.30. The highest BCUT2D eigenvalue weighted by molar-refractivity contribution is 5.81. The lowest BCUT2D eigenvalue weighted by Crippen LogP contribution is -2.33. The van der Waals surface area contributed by atoms with Crippen molar-refractivity contribution in [2.45, 2.75) is 19.0 Å². The van der Waals surface area contributed by atoms with E-state index in [0.717, 1.165) is 23.7 Å². The number of rotatable bonds is 3. The van der Waals surface area contributed by atoms with Gasteiger partial charge in [0.25, 0.3) is 0 Å². The van der Waals surface area contributed by atoms with E-state index in [4.69, 9.17) is 0 Å². The molecule has 1 aromatic carbocycles. The molecule has 3 rings (SSSR count). The Balaban J connectivity index is 1.60. The van der Waals surface area contributed by atoms with Crippen molar-refractivity contribution in [1.82, 2.24) is 9.88 Å². The normalized spacial score (nSPS) is 16.8. The first-order valence-corrected chi connectivity index (χ1v) is 7.33. The third-order valence-corrected chi connectivity index (χ3v) is 4.08. The van der Waals surface area contributed by atoms with Gasteiger partial charge in [-0.05, 0) is 35.9 Å². The molecule has 2 nitrogen and oxygen atoms in total. The summed E-state index contributed by atoms with van der Waals surface area (Å²) in [5, 5.41) is 2.24. The summed E-state index contributed by atoms with van der Waals surface area (Å²) in [6.07, 6.45) is 1.66. The predicted molar refractivity (Wildman–Crippen MR) is 80.6 cm³/mol. The van der Waals surface area contributed by atoms with Gasteiger partial charge in [0.05, 0.1) is 0 Å². The SMILES string of the molecule is FC(F)(F)C1=CCN(CCc2ccc3ccncc3c2)CC1. The Bertz CT molecular complexity index is 692. The zero-order valence-corrected chi connectivity index (χ0v) is 12.1. The number of fused-ring (bicyclic) bond motifs is 1. The molecule has 1 aliphatic rings. The summed E-state index contributed by atoms with van der Waals surface area (Å²) in [6, 6.07) is 8.20. The summed E-state index contributed by atoms with van der Waals surface area (Å²) in [5.41, 5.74) is 0.798. The van der Waals surface area contributed by atoms with Crippen LogP contribution in [0.15, 0.2) is 48.3 Å². The molecule has 1 aliphatic heterocycles. The van der Waals surface area contributed by atoms with Gasteiger partial charge in [0.1, 0.15) is 0 Å². The summed E-state index contributed by atoms with van der Waals surface area (Å²) >= 11 is 0. The molecule has 0 radical (unpaired) electrons. The van der Waals surface area contributed by atoms with Crippen LogP contribution < -0.4 is 0 Å². The average Bonchev–Trinajstić information content (AvgIpc) is 2.52. The van der Waals surface area contributed by atoms with E-state index < -0.39 is 6.18 Å². The van der Waals surface area contributed by atoms with Crippen molar-refractivity contribution < 1.29 is 13.2 Å². The molecule has 2 aromatic rings. The largest absolute Gasteiger partial charge is 0.412 e. The summed E-state index contributed by atoms with van der Waals surface area (Å²) in [6.45, 7) is 1.62. The molecule has 0 spiro atoms. The van der Waals surface area contributed by atoms with Crippen molar-refractivity contribution in [3.05, 3.63) is 53.9 Å². The molecule has 0 unspecified atom stereocenters. The van der Waals surface area contributed by atoms with E-state index in [-0.39, 0.29) is 12.0 Å². The number of hydrogen-bond donors (Lipinski definition) is 0. The first kappa shape index (κ1) is 15.0. The van der Waals surface area contributed by atoms with Crippen molar-refractivity contribution in [1.29, 1.82) is 0 Å². The molecule has 22 heavy (non-hydrogen) atoms. The van der Waals surface area contributed by atoms with Crippen LogP contribution in [0.1, 0.15) is 12.0 Å². The Labute approximate surface area is 127 Å². The molecular formula is C17H17F3N2. The van der Waals surface area contributed by atoms with Crippen LogP contribution in [0, 0.1) is 0 Å². The Morgan fingerprint density at radius 2 is 2.00 bits per heavy atom. The van der Waals surface area contributed by atoms with Crippen LogP contribution >= 0.6 is 0 Å². The van der Waals surface area contributed by atoms with Gasteiger partial charge in [-0.1, -0.05) is 18.2 Å². The Kier molecular flexibility index (Phi) is 4.16. The maximum atomic E-state index is 12.6. The van der Waals surface area contributed by atoms with Gasteiger partial charge in [-0.15, -0.1) is 0 Å². The molecule has 0 aliphatic carbocycles. The van der Waals surface area contributed by atoms with Crippen LogP contribution in [0.2, 0.25) is 0 Å². The number of nitrogens with zero attached hydrogens (tertiary/aromatic N) is 2. The van der Waals surface area contributed by atoms with Crippen molar-refractivity contribution >= 4 is 10.8 Å². The number of hydrogen-bond acceptors (Lipinski definition) is 2. The first-order chi connectivity index (χ1) is 10.5. The second-order valence-electron chi connectivity index (χ2n) is 5.58. The predicted octanol–water partition coefficient (Wildman–Crippen LogP) is 3.97. The zero-order valence-electron chi connectivity index (χ0n) is 12.1. The van der Waals surface area contributed by atoms with E-state index in [1.165, 1.54) is 11.6 Å². The molecule has 0 atom stereocenters. The monoisotopic (exact) mass is 306 g/mol. The summed E-state index contributed by atoms with van der Waals surface area (Å²) < 4.78 is 37.7. The number of pyridine rings is 1. The van der Waals surface area contributed by atoms with Crippen LogP contribution in [-0.4, -0.2) is 35.7 Å². The average molecular weight is 306 g/mol. The molecule has 0 fully saturated rings. The van der Waals surface area contributed by atoms with Gasteiger partial charge >= 0.3 is 6.18 Å². The van der Waals surface area contributed by atoms with Crippen LogP contribution in [0.5, 0.6) is 0 Å². The third kappa shape index (κ3) is 3.47. The van der Waals surface area contributed by atoms with E-state index in [1.807, 2.05) is 12.3 Å². The fourth-order valence-electron chi connectivity index (χ4n) is 2.75. The minimum Gasteiger partial charge on any atom is -0.299 e. The summed E-state index contributed by atoms with van der Waals surface area (Å²) in [7, 11) is 0. The van der Waals surface area contributed by atoms with E-state index in [0.29, 0.717) is 13.1 Å². The van der Waals surface area contributed by atoms with Crippen molar-refractivity contribution in [3.63, 3.8) is 0 Å². The maximum Gasteiger partial charge on any atom is 0.412 e. The second-order valence-corrected chi connectivity index (χ2v) is 5.58. The van der Waals surface area contributed by atoms with Crippen LogP contribution in [-0.2, 0) is 6.42 Å². The van der Waals surface area contributed by atoms with Crippen LogP contribution in [0.25, 0.3) is 10.8 Å². The van der Waals surface area contributed by atoms with E-state index in [2.05, 4.69) is 28.1 Å². The van der Waals surface area contributed by atoms with Gasteiger partial charge in [-0.2, -0.15) is 13.2 Å². The molecule has 1 aromatic heterocycles. The molecule has 0 saturated heterocycles. The Morgan fingerprint density at radius 3 is 2.73 bits per heavy atom. The van der Waals surface area contributed by atoms with Gasteiger partial charge in [-0.3, -0.25) is 9.88 Å². The molecule has 2 heterocycles. The molecule has 116 valence electrons. The molecule has 0 bridgehead atoms. The maximum absolute atomic E-state index is 12.6. The molecule has 0 N–H and O–H groups in total. The van der Waals surface area contributed by atoms with Crippen molar-refractivity contribution in [2.75, 3.05) is 19.6 Å². The van der Waals surface area contributed by atoms with Gasteiger partial charge in [0, 0.05) is 43.0 Å². The lowest BCUT2D eigenvalue weighted by atomic mass is 10.0. The van der Waals surface area contributed by atoms with Gasteiger partial charge in [0.15, 0.2) is 0 Å². The minimum absolute atomic E-state index is 0.0884. The minimum atomic E-state index is -4.17. The quantitative estimate of drug-likeness (QED) is 0.798. The van der Waals surface area contributed by atoms with E-state index in [1.54, 1.807) is 6.20 Å². The summed E-state index contributed by atoms with van der Waals surface area (Å²) in [4.78, 5) is 6.17.